The van der Waals surface area contributed by atoms with Crippen LogP contribution in [0.4, 0.5) is 0 Å². The molecule has 0 N–H and O–H groups in total. The first-order valence-electron chi connectivity index (χ1n) is 1.46. The molecule has 0 fully saturated rings. The molecule has 59 valence electrons. The Morgan fingerprint density at radius 2 is 1.10 bits per heavy atom. The Balaban J connectivity index is 0. The topological polar surface area (TPSA) is 136 Å². The Morgan fingerprint density at radius 1 is 0.900 bits per heavy atom. The van der Waals surface area contributed by atoms with Crippen molar-refractivity contribution in [3.05, 3.63) is 0 Å². The molecular formula is MnO7P2. The molecule has 0 aliphatic rings. The molecule has 0 bridgehead atoms. The second-order valence-electron chi connectivity index (χ2n) is 0.976. The molecule has 0 aromatic carbocycles. The molecule has 0 spiro atoms. The van der Waals surface area contributed by atoms with Crippen LogP contribution >= 0.6 is 15.6 Å². The smallest absolute Gasteiger partial charge is 0.790 e. The summed E-state index contributed by atoms with van der Waals surface area (Å²) in [4.78, 5) is 37.3. The molecule has 0 aliphatic carbocycles. The van der Waals surface area contributed by atoms with Gasteiger partial charge in [-0.15, -0.1) is 0 Å². The van der Waals surface area contributed by atoms with Crippen LogP contribution in [-0.2, 0) is 30.5 Å². The largest absolute Gasteiger partial charge is 4.00 e. The Labute approximate surface area is 66.4 Å². The number of hydrogen-bond acceptors (Lipinski definition) is 7. The van der Waals surface area contributed by atoms with E-state index in [1.165, 1.54) is 0 Å². The first kappa shape index (κ1) is 13.4. The summed E-state index contributed by atoms with van der Waals surface area (Å²) >= 11 is 0. The van der Waals surface area contributed by atoms with Gasteiger partial charge in [0.2, 0.25) is 0 Å². The minimum absolute atomic E-state index is 0. The molecule has 0 saturated heterocycles. The SMILES string of the molecule is O=P([O-])([O-])OP(=O)([O-])[O-].[Mn+4]. The quantitative estimate of drug-likeness (QED) is 0.356. The van der Waals surface area contributed by atoms with Crippen molar-refractivity contribution < 1.29 is 50.1 Å². The van der Waals surface area contributed by atoms with E-state index in [0.717, 1.165) is 0 Å². The Hall–Kier alpha value is 0.779. The molecule has 0 aliphatic heterocycles. The molecule has 0 heterocycles. The third-order valence-corrected chi connectivity index (χ3v) is 1.80. The predicted molar refractivity (Wildman–Crippen MR) is 16.3 cm³/mol. The van der Waals surface area contributed by atoms with Crippen LogP contribution in [0.25, 0.3) is 0 Å². The van der Waals surface area contributed by atoms with E-state index in [2.05, 4.69) is 4.31 Å². The van der Waals surface area contributed by atoms with Gasteiger partial charge in [0.15, 0.2) is 0 Å². The summed E-state index contributed by atoms with van der Waals surface area (Å²) in [6.45, 7) is 0. The molecule has 0 atom stereocenters. The molecule has 1 radical (unpaired) electrons. The Kier molecular flexibility index (Phi) is 5.31. The molecule has 7 nitrogen and oxygen atoms in total. The van der Waals surface area contributed by atoms with Crippen molar-refractivity contribution in [2.45, 2.75) is 0 Å². The fraction of sp³-hybridized carbons (Fsp3) is 0. The Bertz CT molecular complexity index is 152. The van der Waals surface area contributed by atoms with E-state index < -0.39 is 15.6 Å². The molecule has 0 amide bonds. The first-order valence-corrected chi connectivity index (χ1v) is 4.38. The summed E-state index contributed by atoms with van der Waals surface area (Å²) < 4.78 is 21.2. The monoisotopic (exact) mass is 229 g/mol. The Morgan fingerprint density at radius 3 is 1.10 bits per heavy atom. The van der Waals surface area contributed by atoms with E-state index in [-0.39, 0.29) is 17.1 Å². The zero-order valence-corrected chi connectivity index (χ0v) is 7.10. The van der Waals surface area contributed by atoms with Crippen LogP contribution in [0.15, 0.2) is 0 Å². The van der Waals surface area contributed by atoms with Crippen molar-refractivity contribution in [2.75, 3.05) is 0 Å². The molecule has 0 aromatic rings. The molecule has 0 saturated carbocycles. The van der Waals surface area contributed by atoms with Gasteiger partial charge in [0.05, 0.1) is 15.6 Å². The number of phosphoric acid groups is 2. The average Bonchev–Trinajstić information content (AvgIpc) is 1.14. The van der Waals surface area contributed by atoms with Gasteiger partial charge in [0.1, 0.15) is 0 Å². The van der Waals surface area contributed by atoms with Gasteiger partial charge >= 0.3 is 17.1 Å². The van der Waals surface area contributed by atoms with Gasteiger partial charge in [-0.1, -0.05) is 0 Å². The molecule has 0 rings (SSSR count). The maximum atomic E-state index is 9.32. The third kappa shape index (κ3) is 11.6. The predicted octanol–water partition coefficient (Wildman–Crippen LogP) is -3.34. The molecule has 10 heavy (non-hydrogen) atoms. The maximum Gasteiger partial charge on any atom is 4.00 e. The van der Waals surface area contributed by atoms with E-state index in [9.17, 15) is 28.7 Å². The molecular weight excluding hydrogens is 229 g/mol. The van der Waals surface area contributed by atoms with Crippen molar-refractivity contribution in [1.82, 2.24) is 0 Å². The fourth-order valence-corrected chi connectivity index (χ4v) is 1.10. The first-order chi connectivity index (χ1) is 3.71. The van der Waals surface area contributed by atoms with Crippen molar-refractivity contribution in [1.29, 1.82) is 0 Å². The zero-order valence-electron chi connectivity index (χ0n) is 4.13. The number of rotatable bonds is 2. The van der Waals surface area contributed by atoms with Crippen molar-refractivity contribution in [2.24, 2.45) is 0 Å². The van der Waals surface area contributed by atoms with E-state index >= 15 is 0 Å². The second-order valence-corrected chi connectivity index (χ2v) is 3.42. The van der Waals surface area contributed by atoms with Crippen LogP contribution in [0.3, 0.4) is 0 Å². The van der Waals surface area contributed by atoms with Gasteiger partial charge in [0.25, 0.3) is 0 Å². The second kappa shape index (κ2) is 3.97. The third-order valence-electron chi connectivity index (χ3n) is 0.200. The van der Waals surface area contributed by atoms with Gasteiger partial charge in [-0.2, -0.15) is 0 Å². The fourth-order valence-electron chi connectivity index (χ4n) is 0.122. The van der Waals surface area contributed by atoms with Gasteiger partial charge in [-0.05, 0) is 0 Å². The van der Waals surface area contributed by atoms with Crippen LogP contribution in [0, 0.1) is 0 Å². The van der Waals surface area contributed by atoms with Crippen LogP contribution in [0.2, 0.25) is 0 Å². The molecule has 0 unspecified atom stereocenters. The summed E-state index contributed by atoms with van der Waals surface area (Å²) in [7, 11) is -11.4. The molecule has 10 heteroatoms. The normalized spacial score (nSPS) is 12.4. The van der Waals surface area contributed by atoms with E-state index in [4.69, 9.17) is 0 Å². The zero-order chi connectivity index (χ0) is 7.71. The van der Waals surface area contributed by atoms with Crippen molar-refractivity contribution >= 4 is 15.6 Å². The van der Waals surface area contributed by atoms with Gasteiger partial charge in [0, 0.05) is 0 Å². The maximum absolute atomic E-state index is 9.32. The van der Waals surface area contributed by atoms with E-state index in [1.54, 1.807) is 0 Å². The summed E-state index contributed by atoms with van der Waals surface area (Å²) in [6.07, 6.45) is 0. The summed E-state index contributed by atoms with van der Waals surface area (Å²) in [5.41, 5.74) is 0. The van der Waals surface area contributed by atoms with Crippen LogP contribution in [0.1, 0.15) is 0 Å². The number of hydrogen-bond donors (Lipinski definition) is 0. The average molecular weight is 229 g/mol. The minimum Gasteiger partial charge on any atom is -0.790 e. The van der Waals surface area contributed by atoms with Crippen LogP contribution in [-0.4, -0.2) is 0 Å². The summed E-state index contributed by atoms with van der Waals surface area (Å²) in [6, 6.07) is 0. The summed E-state index contributed by atoms with van der Waals surface area (Å²) in [5, 5.41) is 0. The van der Waals surface area contributed by atoms with E-state index in [0.29, 0.717) is 0 Å². The van der Waals surface area contributed by atoms with Gasteiger partial charge < -0.3 is 33.0 Å². The standard InChI is InChI=1S/Mn.H4O7P2/c;1-8(2,3)7-9(4,5)6/h;(H2,1,2,3)(H2,4,5,6)/q+4;/p-4. The molecule has 0 aromatic heterocycles. The van der Waals surface area contributed by atoms with E-state index in [1.807, 2.05) is 0 Å². The van der Waals surface area contributed by atoms with Crippen molar-refractivity contribution in [3.63, 3.8) is 0 Å². The van der Waals surface area contributed by atoms with Crippen molar-refractivity contribution in [3.8, 4) is 0 Å². The minimum atomic E-state index is -5.68. The van der Waals surface area contributed by atoms with Gasteiger partial charge in [-0.3, -0.25) is 0 Å². The van der Waals surface area contributed by atoms with Crippen LogP contribution in [0.5, 0.6) is 0 Å². The van der Waals surface area contributed by atoms with Gasteiger partial charge in [-0.25, -0.2) is 0 Å². The van der Waals surface area contributed by atoms with Crippen LogP contribution < -0.4 is 19.6 Å². The summed E-state index contributed by atoms with van der Waals surface area (Å²) in [5.74, 6) is 0.